The number of carbonyl (C=O) groups excluding carboxylic acids is 1. The van der Waals surface area contributed by atoms with Crippen molar-refractivity contribution in [3.63, 3.8) is 0 Å². The summed E-state index contributed by atoms with van der Waals surface area (Å²) in [6.45, 7) is 2.99. The van der Waals surface area contributed by atoms with Crippen molar-refractivity contribution in [2.45, 2.75) is 49.6 Å². The predicted molar refractivity (Wildman–Crippen MR) is 125 cm³/mol. The van der Waals surface area contributed by atoms with Crippen molar-refractivity contribution in [1.29, 1.82) is 0 Å². The molecule has 0 saturated carbocycles. The summed E-state index contributed by atoms with van der Waals surface area (Å²) in [5.41, 5.74) is 2.54. The SMILES string of the molecule is CN1C(=O)CC(c2ccccc2)C12CCN(Cc1cccnc1)CC2.O=C(O)C(F)(F)F.O=C(O)C(F)(F)F. The van der Waals surface area contributed by atoms with E-state index >= 15 is 0 Å². The molecule has 0 radical (unpaired) electrons. The molecule has 1 aromatic heterocycles. The summed E-state index contributed by atoms with van der Waals surface area (Å²) < 4.78 is 63.5. The lowest BCUT2D eigenvalue weighted by atomic mass is 9.73. The molecule has 4 rings (SSSR count). The number of rotatable bonds is 3. The number of likely N-dealkylation sites (tertiary alicyclic amines) is 2. The first-order valence-electron chi connectivity index (χ1n) is 11.6. The average molecular weight is 563 g/mol. The minimum atomic E-state index is -5.08. The summed E-state index contributed by atoms with van der Waals surface area (Å²) in [5, 5.41) is 14.2. The third-order valence-corrected chi connectivity index (χ3v) is 6.61. The predicted octanol–water partition coefficient (Wildman–Crippen LogP) is 4.33. The molecule has 2 saturated heterocycles. The second-order valence-corrected chi connectivity index (χ2v) is 8.97. The van der Waals surface area contributed by atoms with Crippen LogP contribution in [0.3, 0.4) is 0 Å². The van der Waals surface area contributed by atoms with Crippen LogP contribution in [0.1, 0.15) is 36.3 Å². The number of hydrogen-bond acceptors (Lipinski definition) is 5. The van der Waals surface area contributed by atoms with Gasteiger partial charge in [-0.1, -0.05) is 36.4 Å². The van der Waals surface area contributed by atoms with Crippen molar-refractivity contribution in [3.05, 3.63) is 66.0 Å². The molecule has 39 heavy (non-hydrogen) atoms. The Kier molecular flexibility index (Phi) is 10.4. The number of piperidine rings is 1. The van der Waals surface area contributed by atoms with E-state index in [4.69, 9.17) is 19.8 Å². The zero-order chi connectivity index (χ0) is 29.4. The molecule has 1 atom stereocenters. The molecule has 1 spiro atoms. The van der Waals surface area contributed by atoms with E-state index in [0.29, 0.717) is 12.3 Å². The van der Waals surface area contributed by atoms with Gasteiger partial charge in [0.2, 0.25) is 5.91 Å². The van der Waals surface area contributed by atoms with Gasteiger partial charge in [0.15, 0.2) is 0 Å². The Labute approximate surface area is 219 Å². The average Bonchev–Trinajstić information content (AvgIpc) is 3.11. The molecule has 2 aliphatic heterocycles. The highest BCUT2D eigenvalue weighted by Crippen LogP contribution is 2.48. The molecular formula is C25H27F6N3O5. The molecule has 2 aliphatic rings. The Balaban J connectivity index is 0.000000317. The Morgan fingerprint density at radius 1 is 0.949 bits per heavy atom. The first-order valence-corrected chi connectivity index (χ1v) is 11.6. The van der Waals surface area contributed by atoms with Gasteiger partial charge in [-0.3, -0.25) is 14.7 Å². The van der Waals surface area contributed by atoms with Crippen molar-refractivity contribution in [3.8, 4) is 0 Å². The first-order chi connectivity index (χ1) is 18.1. The molecule has 0 bridgehead atoms. The molecule has 2 N–H and O–H groups in total. The Morgan fingerprint density at radius 3 is 1.90 bits per heavy atom. The van der Waals surface area contributed by atoms with Crippen molar-refractivity contribution in [2.24, 2.45) is 0 Å². The number of carboxylic acid groups (broad SMARTS) is 2. The van der Waals surface area contributed by atoms with Gasteiger partial charge in [-0.05, 0) is 30.0 Å². The van der Waals surface area contributed by atoms with Crippen LogP contribution in [0.15, 0.2) is 54.9 Å². The maximum absolute atomic E-state index is 12.5. The molecule has 3 heterocycles. The van der Waals surface area contributed by atoms with E-state index in [1.54, 1.807) is 0 Å². The molecule has 214 valence electrons. The number of halogens is 6. The van der Waals surface area contributed by atoms with Crippen molar-refractivity contribution in [1.82, 2.24) is 14.8 Å². The third-order valence-electron chi connectivity index (χ3n) is 6.61. The van der Waals surface area contributed by atoms with Crippen LogP contribution < -0.4 is 0 Å². The van der Waals surface area contributed by atoms with E-state index in [0.717, 1.165) is 32.5 Å². The van der Waals surface area contributed by atoms with Crippen LogP contribution in [0.25, 0.3) is 0 Å². The molecule has 8 nitrogen and oxygen atoms in total. The summed E-state index contributed by atoms with van der Waals surface area (Å²) >= 11 is 0. The highest BCUT2D eigenvalue weighted by atomic mass is 19.4. The molecular weight excluding hydrogens is 536 g/mol. The summed E-state index contributed by atoms with van der Waals surface area (Å²) in [7, 11) is 2.00. The molecule has 0 aliphatic carbocycles. The fourth-order valence-electron chi connectivity index (χ4n) is 4.63. The number of likely N-dealkylation sites (N-methyl/N-ethyl adjacent to an activating group) is 1. The van der Waals surface area contributed by atoms with Crippen LogP contribution in [-0.2, 0) is 20.9 Å². The number of carboxylic acids is 2. The molecule has 1 unspecified atom stereocenters. The van der Waals surface area contributed by atoms with Gasteiger partial charge >= 0.3 is 24.3 Å². The first kappa shape index (κ1) is 31.5. The van der Waals surface area contributed by atoms with Gasteiger partial charge in [0.05, 0.1) is 5.54 Å². The normalized spacial score (nSPS) is 19.0. The maximum Gasteiger partial charge on any atom is 0.490 e. The van der Waals surface area contributed by atoms with Gasteiger partial charge < -0.3 is 15.1 Å². The number of nitrogens with zero attached hydrogens (tertiary/aromatic N) is 3. The quantitative estimate of drug-likeness (QED) is 0.535. The molecule has 1 aromatic carbocycles. The van der Waals surface area contributed by atoms with Crippen LogP contribution in [0, 0.1) is 0 Å². The number of pyridine rings is 1. The topological polar surface area (TPSA) is 111 Å². The van der Waals surface area contributed by atoms with Crippen molar-refractivity contribution in [2.75, 3.05) is 20.1 Å². The lowest BCUT2D eigenvalue weighted by Gasteiger charge is -2.47. The summed E-state index contributed by atoms with van der Waals surface area (Å²) in [6, 6.07) is 14.7. The Bertz CT molecular complexity index is 1080. The summed E-state index contributed by atoms with van der Waals surface area (Å²) in [5.74, 6) is -4.92. The van der Waals surface area contributed by atoms with Gasteiger partial charge in [-0.2, -0.15) is 26.3 Å². The van der Waals surface area contributed by atoms with Gasteiger partial charge in [0, 0.05) is 51.4 Å². The van der Waals surface area contributed by atoms with Gasteiger partial charge in [0.1, 0.15) is 0 Å². The molecule has 2 aromatic rings. The number of aliphatic carboxylic acids is 2. The van der Waals surface area contributed by atoms with Gasteiger partial charge in [-0.15, -0.1) is 0 Å². The fraction of sp³-hybridized carbons (Fsp3) is 0.440. The minimum Gasteiger partial charge on any atom is -0.475 e. The van der Waals surface area contributed by atoms with Crippen LogP contribution in [0.4, 0.5) is 26.3 Å². The van der Waals surface area contributed by atoms with Crippen molar-refractivity contribution >= 4 is 17.8 Å². The number of carbonyl (C=O) groups is 3. The lowest BCUT2D eigenvalue weighted by Crippen LogP contribution is -2.53. The second kappa shape index (κ2) is 12.9. The van der Waals surface area contributed by atoms with E-state index in [1.807, 2.05) is 36.5 Å². The molecule has 2 fully saturated rings. The summed E-state index contributed by atoms with van der Waals surface area (Å²) in [4.78, 5) is 39.0. The van der Waals surface area contributed by atoms with E-state index in [-0.39, 0.29) is 11.4 Å². The Hall–Kier alpha value is -3.68. The number of alkyl halides is 6. The maximum atomic E-state index is 12.5. The third kappa shape index (κ3) is 8.67. The molecule has 14 heteroatoms. The van der Waals surface area contributed by atoms with E-state index in [1.165, 1.54) is 11.1 Å². The largest absolute Gasteiger partial charge is 0.490 e. The zero-order valence-corrected chi connectivity index (χ0v) is 20.7. The highest BCUT2D eigenvalue weighted by Gasteiger charge is 2.52. The van der Waals surface area contributed by atoms with Crippen LogP contribution >= 0.6 is 0 Å². The fourth-order valence-corrected chi connectivity index (χ4v) is 4.63. The minimum absolute atomic E-state index is 0.0239. The summed E-state index contributed by atoms with van der Waals surface area (Å²) in [6.07, 6.45) is -3.69. The number of benzene rings is 1. The van der Waals surface area contributed by atoms with Crippen LogP contribution in [0.5, 0.6) is 0 Å². The standard InChI is InChI=1S/C21H25N3O.2C2HF3O2/c1-23-20(25)14-19(18-7-3-2-4-8-18)21(23)9-12-24(13-10-21)16-17-6-5-11-22-15-17;2*3-2(4,5)1(6)7/h2-8,11,15,19H,9-10,12-14,16H2,1H3;2*(H,6,7). The molecule has 1 amide bonds. The zero-order valence-electron chi connectivity index (χ0n) is 20.7. The van der Waals surface area contributed by atoms with Crippen molar-refractivity contribution < 1.29 is 50.9 Å². The van der Waals surface area contributed by atoms with Gasteiger partial charge in [-0.25, -0.2) is 9.59 Å². The number of hydrogen-bond donors (Lipinski definition) is 2. The lowest BCUT2D eigenvalue weighted by molar-refractivity contribution is -0.193. The van der Waals surface area contributed by atoms with E-state index in [2.05, 4.69) is 40.2 Å². The highest BCUT2D eigenvalue weighted by molar-refractivity contribution is 5.81. The number of amides is 1. The van der Waals surface area contributed by atoms with Crippen LogP contribution in [-0.4, -0.2) is 80.9 Å². The Morgan fingerprint density at radius 2 is 1.46 bits per heavy atom. The second-order valence-electron chi connectivity index (χ2n) is 8.97. The van der Waals surface area contributed by atoms with Crippen LogP contribution in [0.2, 0.25) is 0 Å². The number of aromatic nitrogens is 1. The monoisotopic (exact) mass is 563 g/mol. The van der Waals surface area contributed by atoms with Gasteiger partial charge in [0.25, 0.3) is 0 Å². The van der Waals surface area contributed by atoms with E-state index < -0.39 is 24.3 Å². The van der Waals surface area contributed by atoms with E-state index in [9.17, 15) is 31.1 Å². The smallest absolute Gasteiger partial charge is 0.475 e.